The average molecular weight is 475 g/mol. The summed E-state index contributed by atoms with van der Waals surface area (Å²) in [5.74, 6) is -0.894. The van der Waals surface area contributed by atoms with Crippen LogP contribution in [0.25, 0.3) is 33.7 Å². The molecule has 2 atom stereocenters. The van der Waals surface area contributed by atoms with Crippen molar-refractivity contribution in [3.05, 3.63) is 60.4 Å². The number of halogens is 2. The number of aromatic nitrogens is 4. The molecular formula is C26H23F2N5O2. The summed E-state index contributed by atoms with van der Waals surface area (Å²) in [5.41, 5.74) is 2.30. The maximum Gasteiger partial charge on any atom is 0.308 e. The number of nitrogens with zero attached hydrogens (tertiary/aromatic N) is 3. The molecule has 3 fully saturated rings. The van der Waals surface area contributed by atoms with E-state index >= 15 is 0 Å². The molecule has 1 aromatic carbocycles. The van der Waals surface area contributed by atoms with E-state index in [9.17, 15) is 18.7 Å². The van der Waals surface area contributed by atoms with E-state index < -0.39 is 17.7 Å². The Hall–Kier alpha value is -3.88. The summed E-state index contributed by atoms with van der Waals surface area (Å²) in [6.07, 6.45) is 6.65. The van der Waals surface area contributed by atoms with Gasteiger partial charge in [-0.2, -0.15) is 0 Å². The number of carbonyl (C=O) groups is 1. The molecule has 3 aliphatic carbocycles. The Labute approximate surface area is 199 Å². The highest BCUT2D eigenvalue weighted by atomic mass is 19.1. The van der Waals surface area contributed by atoms with Gasteiger partial charge in [-0.15, -0.1) is 0 Å². The van der Waals surface area contributed by atoms with E-state index in [-0.39, 0.29) is 23.7 Å². The molecule has 0 amide bonds. The lowest BCUT2D eigenvalue weighted by atomic mass is 9.61. The van der Waals surface area contributed by atoms with Crippen LogP contribution in [-0.2, 0) is 4.79 Å². The van der Waals surface area contributed by atoms with Gasteiger partial charge in [0.1, 0.15) is 23.1 Å². The van der Waals surface area contributed by atoms with Gasteiger partial charge in [-0.3, -0.25) is 4.79 Å². The number of fused-ring (bicyclic) bond motifs is 4. The molecule has 3 aromatic heterocycles. The number of hydrogen-bond donors (Lipinski definition) is 3. The molecule has 9 heteroatoms. The maximum atomic E-state index is 14.0. The van der Waals surface area contributed by atoms with Crippen LogP contribution in [-0.4, -0.2) is 37.1 Å². The van der Waals surface area contributed by atoms with E-state index in [0.717, 1.165) is 31.9 Å². The van der Waals surface area contributed by atoms with E-state index in [1.165, 1.54) is 18.2 Å². The molecule has 7 nitrogen and oxygen atoms in total. The lowest BCUT2D eigenvalue weighted by molar-refractivity contribution is -0.148. The molecule has 4 aromatic rings. The number of carboxylic acids is 1. The highest BCUT2D eigenvalue weighted by Gasteiger charge is 2.47. The number of H-pyrrole nitrogens is 1. The predicted molar refractivity (Wildman–Crippen MR) is 126 cm³/mol. The fraction of sp³-hybridized carbons (Fsp3) is 0.308. The number of aromatic amines is 1. The number of pyridine rings is 1. The fourth-order valence-electron chi connectivity index (χ4n) is 5.76. The van der Waals surface area contributed by atoms with Crippen molar-refractivity contribution >= 4 is 22.8 Å². The lowest BCUT2D eigenvalue weighted by Crippen LogP contribution is -2.51. The molecule has 2 bridgehead atoms. The minimum atomic E-state index is -0.789. The van der Waals surface area contributed by atoms with Gasteiger partial charge in [-0.25, -0.2) is 23.7 Å². The van der Waals surface area contributed by atoms with Gasteiger partial charge in [0.2, 0.25) is 0 Å². The Morgan fingerprint density at radius 1 is 1.00 bits per heavy atom. The van der Waals surface area contributed by atoms with Crippen LogP contribution >= 0.6 is 0 Å². The Bertz CT molecular complexity index is 1410. The van der Waals surface area contributed by atoms with Gasteiger partial charge >= 0.3 is 5.97 Å². The Morgan fingerprint density at radius 3 is 2.49 bits per heavy atom. The molecular weight excluding hydrogens is 452 g/mol. The number of nitrogens with one attached hydrogen (secondary N) is 2. The molecule has 0 saturated heterocycles. The minimum Gasteiger partial charge on any atom is -0.481 e. The highest BCUT2D eigenvalue weighted by molar-refractivity contribution is 5.92. The van der Waals surface area contributed by atoms with Crippen molar-refractivity contribution < 1.29 is 18.7 Å². The van der Waals surface area contributed by atoms with Crippen LogP contribution in [0.1, 0.15) is 25.7 Å². The number of anilines is 1. The van der Waals surface area contributed by atoms with Crippen molar-refractivity contribution in [2.24, 2.45) is 17.8 Å². The molecule has 35 heavy (non-hydrogen) atoms. The summed E-state index contributed by atoms with van der Waals surface area (Å²) in [5, 5.41) is 13.9. The Kier molecular flexibility index (Phi) is 5.20. The van der Waals surface area contributed by atoms with Crippen LogP contribution in [0, 0.1) is 29.4 Å². The number of aliphatic carboxylic acids is 1. The van der Waals surface area contributed by atoms with Crippen molar-refractivity contribution in [1.82, 2.24) is 19.9 Å². The Balaban J connectivity index is 1.46. The second-order valence-electron chi connectivity index (χ2n) is 9.43. The van der Waals surface area contributed by atoms with E-state index in [4.69, 9.17) is 9.97 Å². The first-order valence-electron chi connectivity index (χ1n) is 11.7. The summed E-state index contributed by atoms with van der Waals surface area (Å²) < 4.78 is 27.5. The second kappa shape index (κ2) is 8.41. The van der Waals surface area contributed by atoms with E-state index in [1.807, 2.05) is 0 Å². The first-order chi connectivity index (χ1) is 17.0. The third-order valence-electron chi connectivity index (χ3n) is 7.42. The van der Waals surface area contributed by atoms with Gasteiger partial charge < -0.3 is 15.4 Å². The fourth-order valence-corrected chi connectivity index (χ4v) is 5.76. The monoisotopic (exact) mass is 475 g/mol. The minimum absolute atomic E-state index is 0.149. The average Bonchev–Trinajstić information content (AvgIpc) is 3.28. The first-order valence-corrected chi connectivity index (χ1v) is 11.7. The van der Waals surface area contributed by atoms with Crippen LogP contribution in [0.4, 0.5) is 14.6 Å². The van der Waals surface area contributed by atoms with E-state index in [0.29, 0.717) is 39.5 Å². The van der Waals surface area contributed by atoms with Crippen molar-refractivity contribution in [2.75, 3.05) is 5.32 Å². The third kappa shape index (κ3) is 3.90. The van der Waals surface area contributed by atoms with Crippen LogP contribution in [0.2, 0.25) is 0 Å². The molecule has 3 N–H and O–H groups in total. The first kappa shape index (κ1) is 21.6. The SMILES string of the molecule is O=C(O)C1C2CCC(CC2)C1Nc1cc(-c2ccc(F)cc2)nc(-c2c[nH]c3ncc(F)cc23)n1. The summed E-state index contributed by atoms with van der Waals surface area (Å²) in [6.45, 7) is 0. The third-order valence-corrected chi connectivity index (χ3v) is 7.42. The van der Waals surface area contributed by atoms with Crippen molar-refractivity contribution in [3.63, 3.8) is 0 Å². The topological polar surface area (TPSA) is 104 Å². The quantitative estimate of drug-likeness (QED) is 0.364. The molecule has 3 heterocycles. The normalized spacial score (nSPS) is 23.5. The van der Waals surface area contributed by atoms with Gasteiger partial charge in [0, 0.05) is 34.8 Å². The molecule has 3 aliphatic rings. The van der Waals surface area contributed by atoms with Crippen LogP contribution in [0.5, 0.6) is 0 Å². The number of rotatable bonds is 5. The lowest BCUT2D eigenvalue weighted by Gasteiger charge is -2.47. The van der Waals surface area contributed by atoms with Gasteiger partial charge in [0.25, 0.3) is 0 Å². The number of benzene rings is 1. The smallest absolute Gasteiger partial charge is 0.308 e. The van der Waals surface area contributed by atoms with E-state index in [2.05, 4.69) is 15.3 Å². The van der Waals surface area contributed by atoms with Crippen LogP contribution < -0.4 is 5.32 Å². The van der Waals surface area contributed by atoms with Crippen LogP contribution in [0.3, 0.4) is 0 Å². The Morgan fingerprint density at radius 2 is 1.74 bits per heavy atom. The molecule has 2 unspecified atom stereocenters. The molecule has 178 valence electrons. The summed E-state index contributed by atoms with van der Waals surface area (Å²) in [7, 11) is 0. The molecule has 3 saturated carbocycles. The van der Waals surface area contributed by atoms with E-state index in [1.54, 1.807) is 24.4 Å². The summed E-state index contributed by atoms with van der Waals surface area (Å²) in [6, 6.07) is 8.85. The van der Waals surface area contributed by atoms with Crippen LogP contribution in [0.15, 0.2) is 48.8 Å². The summed E-state index contributed by atoms with van der Waals surface area (Å²) in [4.78, 5) is 28.6. The highest BCUT2D eigenvalue weighted by Crippen LogP contribution is 2.46. The summed E-state index contributed by atoms with van der Waals surface area (Å²) >= 11 is 0. The van der Waals surface area contributed by atoms with Crippen molar-refractivity contribution in [1.29, 1.82) is 0 Å². The zero-order valence-electron chi connectivity index (χ0n) is 18.7. The van der Waals surface area contributed by atoms with Gasteiger partial charge in [0.05, 0.1) is 17.8 Å². The zero-order chi connectivity index (χ0) is 24.1. The molecule has 7 rings (SSSR count). The second-order valence-corrected chi connectivity index (χ2v) is 9.43. The van der Waals surface area contributed by atoms with Gasteiger partial charge in [-0.05, 0) is 67.9 Å². The number of carboxylic acid groups (broad SMARTS) is 1. The van der Waals surface area contributed by atoms with Crippen molar-refractivity contribution in [2.45, 2.75) is 31.7 Å². The maximum absolute atomic E-state index is 14.0. The molecule has 0 aliphatic heterocycles. The largest absolute Gasteiger partial charge is 0.481 e. The molecule has 0 radical (unpaired) electrons. The number of hydrogen-bond acceptors (Lipinski definition) is 5. The van der Waals surface area contributed by atoms with Gasteiger partial charge in [0.15, 0.2) is 5.82 Å². The predicted octanol–water partition coefficient (Wildman–Crippen LogP) is 5.27. The van der Waals surface area contributed by atoms with Crippen molar-refractivity contribution in [3.8, 4) is 22.6 Å². The molecule has 0 spiro atoms. The zero-order valence-corrected chi connectivity index (χ0v) is 18.7. The van der Waals surface area contributed by atoms with Gasteiger partial charge in [-0.1, -0.05) is 0 Å². The standard InChI is InChI=1S/C26H23F2N5O2/c27-16-7-5-13(6-8-16)20-10-21(32-23-15-3-1-14(2-4-15)22(23)26(34)35)33-25(31-20)19-12-30-24-18(19)9-17(28)11-29-24/h5-12,14-15,22-23H,1-4H2,(H,29,30)(H,34,35)(H,31,32,33).